The maximum absolute atomic E-state index is 13.5. The summed E-state index contributed by atoms with van der Waals surface area (Å²) in [7, 11) is 0. The molecule has 0 aliphatic rings. The molecule has 0 saturated heterocycles. The molecule has 0 spiro atoms. The van der Waals surface area contributed by atoms with Gasteiger partial charge >= 0.3 is 0 Å². The van der Waals surface area contributed by atoms with Gasteiger partial charge in [0.2, 0.25) is 0 Å². The topological polar surface area (TPSA) is 38.0 Å². The maximum Gasteiger partial charge on any atom is 0.146 e. The van der Waals surface area contributed by atoms with E-state index in [0.29, 0.717) is 16.4 Å². The van der Waals surface area contributed by atoms with Gasteiger partial charge in [0.1, 0.15) is 5.82 Å². The van der Waals surface area contributed by atoms with E-state index in [-0.39, 0.29) is 5.82 Å². The van der Waals surface area contributed by atoms with E-state index >= 15 is 0 Å². The van der Waals surface area contributed by atoms with Gasteiger partial charge in [0, 0.05) is 16.4 Å². The highest BCUT2D eigenvalue weighted by Crippen LogP contribution is 2.26. The summed E-state index contributed by atoms with van der Waals surface area (Å²) in [6.45, 7) is 1.92. The van der Waals surface area contributed by atoms with E-state index in [1.807, 2.05) is 13.0 Å². The highest BCUT2D eigenvalue weighted by atomic mass is 35.5. The zero-order valence-electron chi connectivity index (χ0n) is 9.30. The Kier molecular flexibility index (Phi) is 3.20. The molecule has 0 radical (unpaired) electrons. The van der Waals surface area contributed by atoms with Gasteiger partial charge in [-0.2, -0.15) is 0 Å². The summed E-state index contributed by atoms with van der Waals surface area (Å²) >= 11 is 5.82. The van der Waals surface area contributed by atoms with Crippen molar-refractivity contribution in [2.75, 3.05) is 11.1 Å². The zero-order chi connectivity index (χ0) is 12.4. The Morgan fingerprint density at radius 1 is 1.12 bits per heavy atom. The lowest BCUT2D eigenvalue weighted by Gasteiger charge is -2.11. The molecular weight excluding hydrogens is 239 g/mol. The molecule has 2 nitrogen and oxygen atoms in total. The summed E-state index contributed by atoms with van der Waals surface area (Å²) in [6.07, 6.45) is 0. The molecule has 0 aromatic heterocycles. The summed E-state index contributed by atoms with van der Waals surface area (Å²) in [5.41, 5.74) is 8.41. The first-order valence-corrected chi connectivity index (χ1v) is 5.52. The Bertz CT molecular complexity index is 506. The first kappa shape index (κ1) is 11.7. The quantitative estimate of drug-likeness (QED) is 0.787. The molecule has 0 aliphatic carbocycles. The van der Waals surface area contributed by atoms with E-state index in [4.69, 9.17) is 17.3 Å². The fourth-order valence-corrected chi connectivity index (χ4v) is 1.68. The van der Waals surface area contributed by atoms with Crippen LogP contribution in [0.4, 0.5) is 21.5 Å². The van der Waals surface area contributed by atoms with E-state index < -0.39 is 0 Å². The van der Waals surface area contributed by atoms with E-state index in [1.54, 1.807) is 18.2 Å². The number of benzene rings is 2. The van der Waals surface area contributed by atoms with Crippen molar-refractivity contribution in [3.8, 4) is 0 Å². The minimum absolute atomic E-state index is 0.339. The van der Waals surface area contributed by atoms with Crippen molar-refractivity contribution in [3.63, 3.8) is 0 Å². The number of rotatable bonds is 2. The fraction of sp³-hybridized carbons (Fsp3) is 0.0769. The van der Waals surface area contributed by atoms with E-state index in [9.17, 15) is 4.39 Å². The number of hydrogen-bond acceptors (Lipinski definition) is 2. The third kappa shape index (κ3) is 2.68. The maximum atomic E-state index is 13.5. The van der Waals surface area contributed by atoms with Crippen LogP contribution in [0.25, 0.3) is 0 Å². The second-order valence-electron chi connectivity index (χ2n) is 3.82. The third-order valence-electron chi connectivity index (χ3n) is 2.46. The van der Waals surface area contributed by atoms with Gasteiger partial charge in [-0.1, -0.05) is 17.7 Å². The first-order chi connectivity index (χ1) is 8.06. The molecule has 2 aromatic carbocycles. The summed E-state index contributed by atoms with van der Waals surface area (Å²) in [6, 6.07) is 9.81. The van der Waals surface area contributed by atoms with Crippen molar-refractivity contribution >= 4 is 28.7 Å². The normalized spacial score (nSPS) is 10.3. The second-order valence-corrected chi connectivity index (χ2v) is 4.26. The lowest BCUT2D eigenvalue weighted by Crippen LogP contribution is -1.97. The van der Waals surface area contributed by atoms with Crippen LogP contribution >= 0.6 is 11.6 Å². The van der Waals surface area contributed by atoms with Crippen LogP contribution in [0.3, 0.4) is 0 Å². The summed E-state index contributed by atoms with van der Waals surface area (Å²) in [5, 5.41) is 3.46. The molecule has 0 atom stereocenters. The van der Waals surface area contributed by atoms with Crippen LogP contribution in [0.15, 0.2) is 36.4 Å². The molecule has 3 N–H and O–H groups in total. The average molecular weight is 251 g/mol. The predicted molar refractivity (Wildman–Crippen MR) is 70.3 cm³/mol. The highest BCUT2D eigenvalue weighted by Gasteiger charge is 2.05. The molecule has 0 aliphatic heterocycles. The minimum atomic E-state index is -0.351. The molecule has 0 fully saturated rings. The van der Waals surface area contributed by atoms with Crippen LogP contribution in [0, 0.1) is 12.7 Å². The predicted octanol–water partition coefficient (Wildman–Crippen LogP) is 4.11. The first-order valence-electron chi connectivity index (χ1n) is 5.14. The molecule has 0 amide bonds. The molecule has 0 unspecified atom stereocenters. The highest BCUT2D eigenvalue weighted by molar-refractivity contribution is 6.30. The van der Waals surface area contributed by atoms with Crippen LogP contribution in [-0.2, 0) is 0 Å². The number of nitrogens with one attached hydrogen (secondary N) is 1. The Hall–Kier alpha value is -1.74. The van der Waals surface area contributed by atoms with Crippen molar-refractivity contribution in [2.45, 2.75) is 6.92 Å². The van der Waals surface area contributed by atoms with E-state index in [2.05, 4.69) is 5.32 Å². The number of anilines is 3. The number of hydrogen-bond donors (Lipinski definition) is 2. The van der Waals surface area contributed by atoms with Gasteiger partial charge in [-0.05, 0) is 42.8 Å². The molecule has 0 saturated carbocycles. The molecular formula is C13H12ClFN2. The van der Waals surface area contributed by atoms with Gasteiger partial charge < -0.3 is 11.1 Å². The molecule has 4 heteroatoms. The zero-order valence-corrected chi connectivity index (χ0v) is 10.1. The number of nitrogens with two attached hydrogens (primary N) is 1. The van der Waals surface area contributed by atoms with Crippen LogP contribution in [0.1, 0.15) is 5.56 Å². The lowest BCUT2D eigenvalue weighted by atomic mass is 10.1. The SMILES string of the molecule is Cc1ccc(N)cc1Nc1cc(Cl)ccc1F. The summed E-state index contributed by atoms with van der Waals surface area (Å²) < 4.78 is 13.5. The number of aryl methyl sites for hydroxylation is 1. The standard InChI is InChI=1S/C13H12ClFN2/c1-8-2-4-10(16)7-12(8)17-13-6-9(14)3-5-11(13)15/h2-7,17H,16H2,1H3. The van der Waals surface area contributed by atoms with E-state index in [1.165, 1.54) is 12.1 Å². The Balaban J connectivity index is 2.37. The molecule has 17 heavy (non-hydrogen) atoms. The van der Waals surface area contributed by atoms with Crippen LogP contribution in [0.2, 0.25) is 5.02 Å². The Morgan fingerprint density at radius 3 is 2.65 bits per heavy atom. The fourth-order valence-electron chi connectivity index (χ4n) is 1.51. The van der Waals surface area contributed by atoms with Gasteiger partial charge in [-0.15, -0.1) is 0 Å². The largest absolute Gasteiger partial charge is 0.399 e. The summed E-state index contributed by atoms with van der Waals surface area (Å²) in [5.74, 6) is -0.351. The smallest absolute Gasteiger partial charge is 0.146 e. The van der Waals surface area contributed by atoms with Crippen molar-refractivity contribution in [1.82, 2.24) is 0 Å². The van der Waals surface area contributed by atoms with Crippen LogP contribution in [-0.4, -0.2) is 0 Å². The van der Waals surface area contributed by atoms with Crippen LogP contribution < -0.4 is 11.1 Å². The van der Waals surface area contributed by atoms with Gasteiger partial charge in [-0.3, -0.25) is 0 Å². The lowest BCUT2D eigenvalue weighted by molar-refractivity contribution is 0.632. The molecule has 2 aromatic rings. The van der Waals surface area contributed by atoms with Crippen LogP contribution in [0.5, 0.6) is 0 Å². The molecule has 88 valence electrons. The Labute approximate surface area is 104 Å². The monoisotopic (exact) mass is 250 g/mol. The second kappa shape index (κ2) is 4.63. The van der Waals surface area contributed by atoms with Gasteiger partial charge in [0.25, 0.3) is 0 Å². The van der Waals surface area contributed by atoms with Gasteiger partial charge in [0.15, 0.2) is 0 Å². The Morgan fingerprint density at radius 2 is 1.88 bits per heavy atom. The summed E-state index contributed by atoms with van der Waals surface area (Å²) in [4.78, 5) is 0. The molecule has 0 bridgehead atoms. The van der Waals surface area contributed by atoms with Crippen molar-refractivity contribution in [3.05, 3.63) is 52.8 Å². The van der Waals surface area contributed by atoms with Gasteiger partial charge in [0.05, 0.1) is 5.69 Å². The van der Waals surface area contributed by atoms with E-state index in [0.717, 1.165) is 11.3 Å². The molecule has 0 heterocycles. The number of nitrogen functional groups attached to an aromatic ring is 1. The van der Waals surface area contributed by atoms with Gasteiger partial charge in [-0.25, -0.2) is 4.39 Å². The van der Waals surface area contributed by atoms with Crippen molar-refractivity contribution in [2.24, 2.45) is 0 Å². The minimum Gasteiger partial charge on any atom is -0.399 e. The molecule has 2 rings (SSSR count). The van der Waals surface area contributed by atoms with Crippen molar-refractivity contribution in [1.29, 1.82) is 0 Å². The third-order valence-corrected chi connectivity index (χ3v) is 2.69. The van der Waals surface area contributed by atoms with Crippen molar-refractivity contribution < 1.29 is 4.39 Å². The average Bonchev–Trinajstić information content (AvgIpc) is 2.28. The number of halogens is 2.